The monoisotopic (exact) mass is 287 g/mol. The number of aryl methyl sites for hydroxylation is 1. The maximum Gasteiger partial charge on any atom is 0.111 e. The van der Waals surface area contributed by atoms with Crippen molar-refractivity contribution in [1.29, 1.82) is 0 Å². The van der Waals surface area contributed by atoms with Crippen molar-refractivity contribution in [1.82, 2.24) is 19.1 Å². The predicted octanol–water partition coefficient (Wildman–Crippen LogP) is 2.54. The molecule has 0 aliphatic heterocycles. The lowest BCUT2D eigenvalue weighted by Gasteiger charge is -2.11. The summed E-state index contributed by atoms with van der Waals surface area (Å²) in [4.78, 5) is 4.72. The second-order valence-electron chi connectivity index (χ2n) is 4.81. The summed E-state index contributed by atoms with van der Waals surface area (Å²) in [5.74, 6) is 1.02. The van der Waals surface area contributed by atoms with E-state index in [-0.39, 0.29) is 6.04 Å². The standard InChI is InChI=1S/C14H17N5S/c1-2-7-19-13-6-4-3-5-11(13)16-14(19)8-10(15)12-9-20-18-17-12/h3-6,9-10H,2,7-8,15H2,1H3. The Labute approximate surface area is 121 Å². The molecule has 1 aromatic carbocycles. The normalized spacial score (nSPS) is 12.9. The van der Waals surface area contributed by atoms with Crippen LogP contribution >= 0.6 is 11.5 Å². The van der Waals surface area contributed by atoms with Crippen molar-refractivity contribution in [2.45, 2.75) is 32.4 Å². The summed E-state index contributed by atoms with van der Waals surface area (Å²) in [5.41, 5.74) is 9.25. The zero-order chi connectivity index (χ0) is 13.9. The molecule has 0 fully saturated rings. The molecule has 2 aromatic heterocycles. The summed E-state index contributed by atoms with van der Waals surface area (Å²) in [6, 6.07) is 8.06. The van der Waals surface area contributed by atoms with Crippen LogP contribution in [0.3, 0.4) is 0 Å². The fourth-order valence-corrected chi connectivity index (χ4v) is 2.91. The van der Waals surface area contributed by atoms with Gasteiger partial charge in [-0.3, -0.25) is 0 Å². The second-order valence-corrected chi connectivity index (χ2v) is 5.42. The zero-order valence-electron chi connectivity index (χ0n) is 11.4. The molecule has 5 nitrogen and oxygen atoms in total. The molecule has 3 aromatic rings. The number of hydrogen-bond donors (Lipinski definition) is 1. The third-order valence-electron chi connectivity index (χ3n) is 3.34. The van der Waals surface area contributed by atoms with Gasteiger partial charge in [0, 0.05) is 18.3 Å². The Balaban J connectivity index is 1.96. The van der Waals surface area contributed by atoms with Gasteiger partial charge in [0.25, 0.3) is 0 Å². The van der Waals surface area contributed by atoms with Crippen LogP contribution in [0.2, 0.25) is 0 Å². The van der Waals surface area contributed by atoms with E-state index in [9.17, 15) is 0 Å². The largest absolute Gasteiger partial charge is 0.328 e. The fraction of sp³-hybridized carbons (Fsp3) is 0.357. The minimum Gasteiger partial charge on any atom is -0.328 e. The molecule has 0 spiro atoms. The number of fused-ring (bicyclic) bond motifs is 1. The van der Waals surface area contributed by atoms with Gasteiger partial charge in [-0.25, -0.2) is 4.98 Å². The van der Waals surface area contributed by atoms with Crippen LogP contribution in [0.25, 0.3) is 11.0 Å². The average Bonchev–Trinajstić information content (AvgIpc) is 3.08. The smallest absolute Gasteiger partial charge is 0.111 e. The van der Waals surface area contributed by atoms with Gasteiger partial charge in [-0.1, -0.05) is 23.5 Å². The first-order valence-corrected chi connectivity index (χ1v) is 7.60. The summed E-state index contributed by atoms with van der Waals surface area (Å²) in [5, 5.41) is 5.95. The maximum atomic E-state index is 6.21. The molecule has 0 saturated carbocycles. The van der Waals surface area contributed by atoms with Gasteiger partial charge < -0.3 is 10.3 Å². The van der Waals surface area contributed by atoms with Gasteiger partial charge in [0.2, 0.25) is 0 Å². The molecular formula is C14H17N5S. The average molecular weight is 287 g/mol. The second kappa shape index (κ2) is 5.68. The first-order valence-electron chi connectivity index (χ1n) is 6.76. The van der Waals surface area contributed by atoms with Crippen molar-refractivity contribution >= 4 is 22.6 Å². The Bertz CT molecular complexity index is 689. The van der Waals surface area contributed by atoms with Crippen molar-refractivity contribution in [3.05, 3.63) is 41.2 Å². The van der Waals surface area contributed by atoms with Crippen molar-refractivity contribution in [2.24, 2.45) is 5.73 Å². The van der Waals surface area contributed by atoms with Crippen LogP contribution in [-0.2, 0) is 13.0 Å². The lowest BCUT2D eigenvalue weighted by Crippen LogP contribution is -2.17. The lowest BCUT2D eigenvalue weighted by atomic mass is 10.1. The van der Waals surface area contributed by atoms with Gasteiger partial charge in [-0.2, -0.15) is 0 Å². The Morgan fingerprint density at radius 1 is 1.35 bits per heavy atom. The van der Waals surface area contributed by atoms with Crippen LogP contribution in [-0.4, -0.2) is 19.1 Å². The first-order chi connectivity index (χ1) is 9.79. The van der Waals surface area contributed by atoms with E-state index in [0.717, 1.165) is 30.0 Å². The minimum absolute atomic E-state index is 0.152. The van der Waals surface area contributed by atoms with E-state index >= 15 is 0 Å². The van der Waals surface area contributed by atoms with Gasteiger partial charge in [0.15, 0.2) is 0 Å². The highest BCUT2D eigenvalue weighted by molar-refractivity contribution is 7.03. The van der Waals surface area contributed by atoms with E-state index in [2.05, 4.69) is 27.1 Å². The molecule has 0 bridgehead atoms. The first kappa shape index (κ1) is 13.2. The number of aromatic nitrogens is 4. The number of hydrogen-bond acceptors (Lipinski definition) is 5. The van der Waals surface area contributed by atoms with E-state index in [1.165, 1.54) is 17.0 Å². The molecule has 1 atom stereocenters. The maximum absolute atomic E-state index is 6.21. The van der Waals surface area contributed by atoms with Gasteiger partial charge in [-0.15, -0.1) is 5.10 Å². The van der Waals surface area contributed by atoms with E-state index in [0.29, 0.717) is 6.42 Å². The number of benzene rings is 1. The van der Waals surface area contributed by atoms with Crippen molar-refractivity contribution in [2.75, 3.05) is 0 Å². The van der Waals surface area contributed by atoms with E-state index < -0.39 is 0 Å². The minimum atomic E-state index is -0.152. The van der Waals surface area contributed by atoms with Gasteiger partial charge >= 0.3 is 0 Å². The molecule has 2 heterocycles. The highest BCUT2D eigenvalue weighted by Gasteiger charge is 2.16. The summed E-state index contributed by atoms with van der Waals surface area (Å²) >= 11 is 1.33. The number of rotatable bonds is 5. The van der Waals surface area contributed by atoms with Gasteiger partial charge in [-0.05, 0) is 30.1 Å². The molecule has 0 aliphatic rings. The Hall–Kier alpha value is -1.79. The number of nitrogens with zero attached hydrogens (tertiary/aromatic N) is 4. The molecular weight excluding hydrogens is 270 g/mol. The van der Waals surface area contributed by atoms with Crippen molar-refractivity contribution in [3.63, 3.8) is 0 Å². The van der Waals surface area contributed by atoms with Crippen LogP contribution in [0.5, 0.6) is 0 Å². The highest BCUT2D eigenvalue weighted by Crippen LogP contribution is 2.20. The van der Waals surface area contributed by atoms with E-state index in [1.807, 2.05) is 23.6 Å². The van der Waals surface area contributed by atoms with Gasteiger partial charge in [0.1, 0.15) is 5.82 Å². The molecule has 20 heavy (non-hydrogen) atoms. The third-order valence-corrected chi connectivity index (χ3v) is 3.86. The zero-order valence-corrected chi connectivity index (χ0v) is 12.2. The van der Waals surface area contributed by atoms with Crippen LogP contribution in [0, 0.1) is 0 Å². The molecule has 2 N–H and O–H groups in total. The number of para-hydroxylation sites is 2. The van der Waals surface area contributed by atoms with Crippen molar-refractivity contribution in [3.8, 4) is 0 Å². The Morgan fingerprint density at radius 3 is 2.95 bits per heavy atom. The summed E-state index contributed by atoms with van der Waals surface area (Å²) in [6.45, 7) is 3.13. The molecule has 6 heteroatoms. The topological polar surface area (TPSA) is 69.6 Å². The van der Waals surface area contributed by atoms with Gasteiger partial charge in [0.05, 0.1) is 22.8 Å². The summed E-state index contributed by atoms with van der Waals surface area (Å²) < 4.78 is 6.13. The third kappa shape index (κ3) is 2.44. The highest BCUT2D eigenvalue weighted by atomic mass is 32.1. The quantitative estimate of drug-likeness (QED) is 0.783. The molecule has 0 radical (unpaired) electrons. The molecule has 0 saturated heterocycles. The Morgan fingerprint density at radius 2 is 2.20 bits per heavy atom. The predicted molar refractivity (Wildman–Crippen MR) is 80.6 cm³/mol. The summed E-state index contributed by atoms with van der Waals surface area (Å²) in [6.07, 6.45) is 1.75. The van der Waals surface area contributed by atoms with E-state index in [1.54, 1.807) is 0 Å². The van der Waals surface area contributed by atoms with Crippen LogP contribution in [0.1, 0.15) is 30.9 Å². The lowest BCUT2D eigenvalue weighted by molar-refractivity contribution is 0.601. The molecule has 104 valence electrons. The van der Waals surface area contributed by atoms with Crippen LogP contribution in [0.4, 0.5) is 0 Å². The fourth-order valence-electron chi connectivity index (χ4n) is 2.39. The number of nitrogens with two attached hydrogens (primary N) is 1. The molecule has 1 unspecified atom stereocenters. The SMILES string of the molecule is CCCn1c(CC(N)c2csnn2)nc2ccccc21. The van der Waals surface area contributed by atoms with Crippen LogP contribution < -0.4 is 5.73 Å². The molecule has 3 rings (SSSR count). The molecule has 0 aliphatic carbocycles. The van der Waals surface area contributed by atoms with Crippen LogP contribution in [0.15, 0.2) is 29.6 Å². The molecule has 0 amide bonds. The Kier molecular flexibility index (Phi) is 3.75. The summed E-state index contributed by atoms with van der Waals surface area (Å²) in [7, 11) is 0. The number of imidazole rings is 1. The van der Waals surface area contributed by atoms with Crippen molar-refractivity contribution < 1.29 is 0 Å². The van der Waals surface area contributed by atoms with E-state index in [4.69, 9.17) is 10.7 Å².